The summed E-state index contributed by atoms with van der Waals surface area (Å²) in [7, 11) is -1.59. The Morgan fingerprint density at radius 1 is 1.44 bits per heavy atom. The van der Waals surface area contributed by atoms with Crippen LogP contribution >= 0.6 is 0 Å². The summed E-state index contributed by atoms with van der Waals surface area (Å²) in [5.74, 6) is -0.243. The minimum absolute atomic E-state index is 0.0977. The highest BCUT2D eigenvalue weighted by molar-refractivity contribution is 7.90. The number of nitrogens with one attached hydrogen (secondary N) is 1. The molecule has 0 unspecified atom stereocenters. The van der Waals surface area contributed by atoms with Gasteiger partial charge in [0.05, 0.1) is 12.9 Å². The van der Waals surface area contributed by atoms with Gasteiger partial charge in [0.25, 0.3) is 0 Å². The summed E-state index contributed by atoms with van der Waals surface area (Å²) in [6.07, 6.45) is 3.50. The molecule has 0 saturated heterocycles. The SMILES string of the molecule is CCC(=CCNCCS(C)(=O)=O)C(=O)OC. The summed E-state index contributed by atoms with van der Waals surface area (Å²) in [5, 5.41) is 2.92. The fraction of sp³-hybridized carbons (Fsp3) is 0.700. The molecule has 0 aromatic heterocycles. The van der Waals surface area contributed by atoms with Gasteiger partial charge in [-0.1, -0.05) is 13.0 Å². The van der Waals surface area contributed by atoms with Gasteiger partial charge in [-0.25, -0.2) is 13.2 Å². The van der Waals surface area contributed by atoms with E-state index >= 15 is 0 Å². The van der Waals surface area contributed by atoms with Crippen molar-refractivity contribution in [2.24, 2.45) is 0 Å². The number of carbonyl (C=O) groups excluding carboxylic acids is 1. The molecule has 0 atom stereocenters. The van der Waals surface area contributed by atoms with Crippen LogP contribution in [0, 0.1) is 0 Å². The van der Waals surface area contributed by atoms with Crippen LogP contribution in [0.1, 0.15) is 13.3 Å². The van der Waals surface area contributed by atoms with E-state index in [1.165, 1.54) is 13.4 Å². The summed E-state index contributed by atoms with van der Waals surface area (Å²) in [5.41, 5.74) is 0.592. The van der Waals surface area contributed by atoms with E-state index in [-0.39, 0.29) is 11.7 Å². The minimum Gasteiger partial charge on any atom is -0.466 e. The van der Waals surface area contributed by atoms with Gasteiger partial charge in [0, 0.05) is 24.9 Å². The molecule has 0 saturated carbocycles. The van der Waals surface area contributed by atoms with E-state index < -0.39 is 9.84 Å². The van der Waals surface area contributed by atoms with Crippen LogP contribution in [0.15, 0.2) is 11.6 Å². The first kappa shape index (κ1) is 15.1. The largest absolute Gasteiger partial charge is 0.466 e. The molecule has 0 aliphatic rings. The van der Waals surface area contributed by atoms with Crippen LogP contribution in [0.4, 0.5) is 0 Å². The van der Waals surface area contributed by atoms with Crippen molar-refractivity contribution in [3.05, 3.63) is 11.6 Å². The van der Waals surface area contributed by atoms with E-state index in [4.69, 9.17) is 0 Å². The van der Waals surface area contributed by atoms with E-state index in [2.05, 4.69) is 10.1 Å². The summed E-state index contributed by atoms with van der Waals surface area (Å²) in [6, 6.07) is 0. The molecule has 0 spiro atoms. The number of methoxy groups -OCH3 is 1. The van der Waals surface area contributed by atoms with Crippen LogP contribution in [0.2, 0.25) is 0 Å². The number of hydrogen-bond acceptors (Lipinski definition) is 5. The lowest BCUT2D eigenvalue weighted by Gasteiger charge is -2.03. The van der Waals surface area contributed by atoms with E-state index in [0.29, 0.717) is 25.1 Å². The second kappa shape index (κ2) is 7.40. The predicted octanol–water partition coefficient (Wildman–Crippen LogP) is 0.130. The normalized spacial score (nSPS) is 12.6. The summed E-state index contributed by atoms with van der Waals surface area (Å²) in [6.45, 7) is 2.71. The molecule has 0 aliphatic carbocycles. The Morgan fingerprint density at radius 3 is 2.50 bits per heavy atom. The lowest BCUT2D eigenvalue weighted by Crippen LogP contribution is -2.23. The van der Waals surface area contributed by atoms with Gasteiger partial charge in [-0.3, -0.25) is 0 Å². The van der Waals surface area contributed by atoms with Crippen molar-refractivity contribution in [3.8, 4) is 0 Å². The molecular formula is C10H19NO4S. The Labute approximate surface area is 96.8 Å². The molecule has 0 rings (SSSR count). The molecule has 5 nitrogen and oxygen atoms in total. The third-order valence-electron chi connectivity index (χ3n) is 1.97. The zero-order valence-corrected chi connectivity index (χ0v) is 10.8. The first-order chi connectivity index (χ1) is 7.40. The number of rotatable bonds is 7. The third kappa shape index (κ3) is 7.42. The zero-order valence-electron chi connectivity index (χ0n) is 9.95. The van der Waals surface area contributed by atoms with Crippen molar-refractivity contribution in [1.82, 2.24) is 5.32 Å². The molecular weight excluding hydrogens is 230 g/mol. The molecule has 0 heterocycles. The number of esters is 1. The van der Waals surface area contributed by atoms with E-state index in [0.717, 1.165) is 0 Å². The smallest absolute Gasteiger partial charge is 0.333 e. The van der Waals surface area contributed by atoms with E-state index in [1.54, 1.807) is 6.08 Å². The van der Waals surface area contributed by atoms with Crippen LogP contribution in [0.3, 0.4) is 0 Å². The average Bonchev–Trinajstić information content (AvgIpc) is 2.21. The highest BCUT2D eigenvalue weighted by Crippen LogP contribution is 2.01. The maximum atomic E-state index is 11.2. The molecule has 6 heteroatoms. The fourth-order valence-corrected chi connectivity index (χ4v) is 1.57. The average molecular weight is 249 g/mol. The summed E-state index contributed by atoms with van der Waals surface area (Å²) in [4.78, 5) is 11.2. The Balaban J connectivity index is 3.94. The van der Waals surface area contributed by atoms with Gasteiger partial charge in [-0.15, -0.1) is 0 Å². The predicted molar refractivity (Wildman–Crippen MR) is 63.0 cm³/mol. The molecule has 0 aromatic carbocycles. The topological polar surface area (TPSA) is 72.5 Å². The lowest BCUT2D eigenvalue weighted by molar-refractivity contribution is -0.136. The van der Waals surface area contributed by atoms with Gasteiger partial charge in [-0.05, 0) is 6.42 Å². The molecule has 16 heavy (non-hydrogen) atoms. The van der Waals surface area contributed by atoms with Gasteiger partial charge in [-0.2, -0.15) is 0 Å². The molecule has 0 amide bonds. The Hall–Kier alpha value is -0.880. The molecule has 0 aromatic rings. The maximum Gasteiger partial charge on any atom is 0.333 e. The van der Waals surface area contributed by atoms with Gasteiger partial charge in [0.15, 0.2) is 0 Å². The zero-order chi connectivity index (χ0) is 12.6. The second-order valence-electron chi connectivity index (χ2n) is 3.41. The highest BCUT2D eigenvalue weighted by Gasteiger charge is 2.05. The standard InChI is InChI=1S/C10H19NO4S/c1-4-9(10(12)15-2)5-6-11-7-8-16(3,13)14/h5,11H,4,6-8H2,1-3H3. The fourth-order valence-electron chi connectivity index (χ4n) is 1.06. The number of carbonyl (C=O) groups is 1. The van der Waals surface area contributed by atoms with Gasteiger partial charge in [0.2, 0.25) is 0 Å². The van der Waals surface area contributed by atoms with Crippen molar-refractivity contribution in [2.45, 2.75) is 13.3 Å². The maximum absolute atomic E-state index is 11.2. The van der Waals surface area contributed by atoms with Crippen LogP contribution in [-0.4, -0.2) is 46.6 Å². The van der Waals surface area contributed by atoms with Crippen LogP contribution in [0.25, 0.3) is 0 Å². The third-order valence-corrected chi connectivity index (χ3v) is 2.92. The monoisotopic (exact) mass is 249 g/mol. The summed E-state index contributed by atoms with van der Waals surface area (Å²) >= 11 is 0. The molecule has 0 radical (unpaired) electrons. The minimum atomic E-state index is -2.93. The van der Waals surface area contributed by atoms with Crippen molar-refractivity contribution >= 4 is 15.8 Å². The summed E-state index contributed by atoms with van der Waals surface area (Å²) < 4.78 is 26.2. The van der Waals surface area contributed by atoms with Gasteiger partial charge < -0.3 is 10.1 Å². The van der Waals surface area contributed by atoms with Crippen molar-refractivity contribution in [1.29, 1.82) is 0 Å². The first-order valence-corrected chi connectivity index (χ1v) is 7.12. The number of hydrogen-bond donors (Lipinski definition) is 1. The highest BCUT2D eigenvalue weighted by atomic mass is 32.2. The Morgan fingerprint density at radius 2 is 2.06 bits per heavy atom. The quantitative estimate of drug-likeness (QED) is 0.394. The van der Waals surface area contributed by atoms with E-state index in [1.807, 2.05) is 6.92 Å². The van der Waals surface area contributed by atoms with Crippen molar-refractivity contribution in [3.63, 3.8) is 0 Å². The van der Waals surface area contributed by atoms with Gasteiger partial charge >= 0.3 is 5.97 Å². The van der Waals surface area contributed by atoms with Crippen LogP contribution in [-0.2, 0) is 19.4 Å². The van der Waals surface area contributed by atoms with Crippen LogP contribution < -0.4 is 5.32 Å². The van der Waals surface area contributed by atoms with E-state index in [9.17, 15) is 13.2 Å². The molecule has 0 fully saturated rings. The van der Waals surface area contributed by atoms with Crippen LogP contribution in [0.5, 0.6) is 0 Å². The number of sulfone groups is 1. The van der Waals surface area contributed by atoms with Crippen molar-refractivity contribution in [2.75, 3.05) is 32.2 Å². The van der Waals surface area contributed by atoms with Gasteiger partial charge in [0.1, 0.15) is 9.84 Å². The molecule has 0 aliphatic heterocycles. The van der Waals surface area contributed by atoms with Crippen molar-refractivity contribution < 1.29 is 17.9 Å². The Kier molecular flexibility index (Phi) is 7.00. The second-order valence-corrected chi connectivity index (χ2v) is 5.67. The Bertz CT molecular complexity index is 346. The molecule has 1 N–H and O–H groups in total. The molecule has 94 valence electrons. The molecule has 0 bridgehead atoms. The first-order valence-electron chi connectivity index (χ1n) is 5.06. The number of ether oxygens (including phenoxy) is 1. The lowest BCUT2D eigenvalue weighted by atomic mass is 10.2.